The number of rotatable bonds is 4. The first kappa shape index (κ1) is 12.5. The minimum atomic E-state index is 0.239. The summed E-state index contributed by atoms with van der Waals surface area (Å²) >= 11 is 0. The van der Waals surface area contributed by atoms with Crippen LogP contribution in [-0.2, 0) is 11.8 Å². The minimum absolute atomic E-state index is 0.239. The molecule has 3 unspecified atom stereocenters. The van der Waals surface area contributed by atoms with Gasteiger partial charge in [0.2, 0.25) is 0 Å². The Balaban J connectivity index is 1.90. The predicted molar refractivity (Wildman–Crippen MR) is 65.6 cm³/mol. The average Bonchev–Trinajstić information content (AvgIpc) is 2.76. The van der Waals surface area contributed by atoms with Crippen LogP contribution in [0.3, 0.4) is 0 Å². The van der Waals surface area contributed by atoms with Crippen LogP contribution < -0.4 is 5.32 Å². The van der Waals surface area contributed by atoms with E-state index in [1.165, 1.54) is 0 Å². The first-order chi connectivity index (χ1) is 8.20. The lowest BCUT2D eigenvalue weighted by atomic mass is 10.0. The van der Waals surface area contributed by atoms with Gasteiger partial charge >= 0.3 is 0 Å². The summed E-state index contributed by atoms with van der Waals surface area (Å²) in [6, 6.07) is 0.767. The SMILES string of the molecule is CCC1CC(NC(C)c2nncn2C)CCO1. The third-order valence-corrected chi connectivity index (χ3v) is 3.44. The van der Waals surface area contributed by atoms with E-state index >= 15 is 0 Å². The quantitative estimate of drug-likeness (QED) is 0.862. The van der Waals surface area contributed by atoms with Gasteiger partial charge in [-0.05, 0) is 26.2 Å². The highest BCUT2D eigenvalue weighted by atomic mass is 16.5. The average molecular weight is 238 g/mol. The van der Waals surface area contributed by atoms with Crippen LogP contribution in [0.2, 0.25) is 0 Å². The summed E-state index contributed by atoms with van der Waals surface area (Å²) in [5.41, 5.74) is 0. The second kappa shape index (κ2) is 5.60. The highest BCUT2D eigenvalue weighted by molar-refractivity contribution is 4.94. The Kier molecular flexibility index (Phi) is 4.12. The minimum Gasteiger partial charge on any atom is -0.378 e. The van der Waals surface area contributed by atoms with Crippen molar-refractivity contribution in [1.82, 2.24) is 20.1 Å². The lowest BCUT2D eigenvalue weighted by Crippen LogP contribution is -2.40. The van der Waals surface area contributed by atoms with Crippen molar-refractivity contribution in [1.29, 1.82) is 0 Å². The van der Waals surface area contributed by atoms with E-state index in [1.54, 1.807) is 6.33 Å². The van der Waals surface area contributed by atoms with Crippen molar-refractivity contribution in [2.75, 3.05) is 6.61 Å². The van der Waals surface area contributed by atoms with Crippen molar-refractivity contribution in [3.63, 3.8) is 0 Å². The predicted octanol–water partition coefficient (Wildman–Crippen LogP) is 1.42. The molecule has 0 amide bonds. The fraction of sp³-hybridized carbons (Fsp3) is 0.833. The summed E-state index contributed by atoms with van der Waals surface area (Å²) in [4.78, 5) is 0. The summed E-state index contributed by atoms with van der Waals surface area (Å²) < 4.78 is 7.65. The molecule has 0 aliphatic carbocycles. The van der Waals surface area contributed by atoms with Gasteiger partial charge in [0, 0.05) is 19.7 Å². The van der Waals surface area contributed by atoms with Crippen LogP contribution in [0.5, 0.6) is 0 Å². The molecule has 5 nitrogen and oxygen atoms in total. The van der Waals surface area contributed by atoms with Gasteiger partial charge in [-0.25, -0.2) is 0 Å². The first-order valence-corrected chi connectivity index (χ1v) is 6.42. The summed E-state index contributed by atoms with van der Waals surface area (Å²) in [5, 5.41) is 11.7. The Bertz CT molecular complexity index is 352. The molecule has 0 spiro atoms. The fourth-order valence-electron chi connectivity index (χ4n) is 2.43. The van der Waals surface area contributed by atoms with E-state index < -0.39 is 0 Å². The van der Waals surface area contributed by atoms with Gasteiger partial charge in [-0.15, -0.1) is 10.2 Å². The molecule has 3 atom stereocenters. The number of aromatic nitrogens is 3. The van der Waals surface area contributed by atoms with Gasteiger partial charge in [0.05, 0.1) is 12.1 Å². The zero-order chi connectivity index (χ0) is 12.3. The Morgan fingerprint density at radius 2 is 2.47 bits per heavy atom. The number of aryl methyl sites for hydroxylation is 1. The maximum Gasteiger partial charge on any atom is 0.149 e. The van der Waals surface area contributed by atoms with Crippen LogP contribution in [-0.4, -0.2) is 33.5 Å². The standard InChI is InChI=1S/C12H22N4O/c1-4-11-7-10(5-6-17-11)14-9(2)12-15-13-8-16(12)3/h8-11,14H,4-7H2,1-3H3. The lowest BCUT2D eigenvalue weighted by Gasteiger charge is -2.31. The second-order valence-corrected chi connectivity index (χ2v) is 4.81. The molecule has 0 radical (unpaired) electrons. The first-order valence-electron chi connectivity index (χ1n) is 6.42. The summed E-state index contributed by atoms with van der Waals surface area (Å²) in [7, 11) is 1.98. The van der Waals surface area contributed by atoms with Crippen molar-refractivity contribution >= 4 is 0 Å². The molecule has 1 aromatic heterocycles. The van der Waals surface area contributed by atoms with Crippen molar-refractivity contribution in [2.45, 2.75) is 51.3 Å². The van der Waals surface area contributed by atoms with Gasteiger partial charge in [0.15, 0.2) is 0 Å². The highest BCUT2D eigenvalue weighted by Gasteiger charge is 2.23. The lowest BCUT2D eigenvalue weighted by molar-refractivity contribution is -0.00186. The second-order valence-electron chi connectivity index (χ2n) is 4.81. The van der Waals surface area contributed by atoms with E-state index in [4.69, 9.17) is 4.74 Å². The molecule has 0 saturated carbocycles. The third kappa shape index (κ3) is 3.04. The highest BCUT2D eigenvalue weighted by Crippen LogP contribution is 2.19. The van der Waals surface area contributed by atoms with Crippen molar-refractivity contribution in [3.05, 3.63) is 12.2 Å². The molecule has 1 saturated heterocycles. The Morgan fingerprint density at radius 3 is 3.12 bits per heavy atom. The maximum atomic E-state index is 5.68. The molecule has 1 aromatic rings. The molecule has 2 rings (SSSR count). The van der Waals surface area contributed by atoms with Crippen LogP contribution in [0.1, 0.15) is 45.0 Å². The van der Waals surface area contributed by atoms with Gasteiger partial charge in [-0.1, -0.05) is 6.92 Å². The van der Waals surface area contributed by atoms with Gasteiger partial charge in [-0.3, -0.25) is 0 Å². The third-order valence-electron chi connectivity index (χ3n) is 3.44. The number of nitrogens with zero attached hydrogens (tertiary/aromatic N) is 3. The Morgan fingerprint density at radius 1 is 1.65 bits per heavy atom. The number of hydrogen-bond acceptors (Lipinski definition) is 4. The number of nitrogens with one attached hydrogen (secondary N) is 1. The molecule has 5 heteroatoms. The summed E-state index contributed by atoms with van der Waals surface area (Å²) in [6.45, 7) is 5.18. The van der Waals surface area contributed by atoms with E-state index in [-0.39, 0.29) is 6.04 Å². The molecule has 17 heavy (non-hydrogen) atoms. The summed E-state index contributed by atoms with van der Waals surface area (Å²) in [5.74, 6) is 0.990. The van der Waals surface area contributed by atoms with Crippen molar-refractivity contribution in [3.8, 4) is 0 Å². The molecule has 96 valence electrons. The van der Waals surface area contributed by atoms with Crippen LogP contribution >= 0.6 is 0 Å². The van der Waals surface area contributed by atoms with Crippen LogP contribution in [0.4, 0.5) is 0 Å². The Hall–Kier alpha value is -0.940. The molecule has 1 fully saturated rings. The van der Waals surface area contributed by atoms with E-state index in [9.17, 15) is 0 Å². The van der Waals surface area contributed by atoms with E-state index in [0.29, 0.717) is 12.1 Å². The van der Waals surface area contributed by atoms with E-state index in [0.717, 1.165) is 31.7 Å². The van der Waals surface area contributed by atoms with Gasteiger partial charge in [0.1, 0.15) is 12.2 Å². The molecular weight excluding hydrogens is 216 g/mol. The van der Waals surface area contributed by atoms with Gasteiger partial charge in [-0.2, -0.15) is 0 Å². The molecule has 0 bridgehead atoms. The normalized spacial score (nSPS) is 27.0. The smallest absolute Gasteiger partial charge is 0.149 e. The van der Waals surface area contributed by atoms with Crippen molar-refractivity contribution in [2.24, 2.45) is 7.05 Å². The molecule has 1 aliphatic rings. The zero-order valence-electron chi connectivity index (χ0n) is 10.9. The zero-order valence-corrected chi connectivity index (χ0v) is 10.9. The van der Waals surface area contributed by atoms with E-state index in [2.05, 4.69) is 29.4 Å². The molecule has 0 aromatic carbocycles. The van der Waals surface area contributed by atoms with Crippen LogP contribution in [0, 0.1) is 0 Å². The van der Waals surface area contributed by atoms with Crippen molar-refractivity contribution < 1.29 is 4.74 Å². The fourth-order valence-corrected chi connectivity index (χ4v) is 2.43. The van der Waals surface area contributed by atoms with E-state index in [1.807, 2.05) is 11.6 Å². The largest absolute Gasteiger partial charge is 0.378 e. The van der Waals surface area contributed by atoms with Crippen LogP contribution in [0.25, 0.3) is 0 Å². The molecule has 1 aliphatic heterocycles. The molecule has 1 N–H and O–H groups in total. The van der Waals surface area contributed by atoms with Crippen LogP contribution in [0.15, 0.2) is 6.33 Å². The molecular formula is C12H22N4O. The topological polar surface area (TPSA) is 52.0 Å². The number of hydrogen-bond donors (Lipinski definition) is 1. The van der Waals surface area contributed by atoms with Gasteiger partial charge < -0.3 is 14.6 Å². The number of ether oxygens (including phenoxy) is 1. The van der Waals surface area contributed by atoms with Gasteiger partial charge in [0.25, 0.3) is 0 Å². The Labute approximate surface area is 103 Å². The maximum absolute atomic E-state index is 5.68. The monoisotopic (exact) mass is 238 g/mol. The summed E-state index contributed by atoms with van der Waals surface area (Å²) in [6.07, 6.45) is 5.42. The molecule has 2 heterocycles.